The first-order chi connectivity index (χ1) is 9.56. The summed E-state index contributed by atoms with van der Waals surface area (Å²) >= 11 is 7.24. The summed E-state index contributed by atoms with van der Waals surface area (Å²) in [5.41, 5.74) is 1.42. The Morgan fingerprint density at radius 2 is 2.30 bits per heavy atom. The number of ether oxygens (including phenoxy) is 1. The third-order valence-electron chi connectivity index (χ3n) is 2.74. The molecule has 4 nitrogen and oxygen atoms in total. The highest BCUT2D eigenvalue weighted by Gasteiger charge is 2.21. The highest BCUT2D eigenvalue weighted by molar-refractivity contribution is 7.98. The molecule has 0 fully saturated rings. The minimum absolute atomic E-state index is 0.0321. The molecule has 0 aliphatic carbocycles. The lowest BCUT2D eigenvalue weighted by atomic mass is 10.1. The van der Waals surface area contributed by atoms with Gasteiger partial charge in [-0.15, -0.1) is 11.8 Å². The van der Waals surface area contributed by atoms with E-state index in [1.165, 1.54) is 30.0 Å². The number of carbonyl (C=O) groups excluding carboxylic acids is 1. The van der Waals surface area contributed by atoms with Crippen LogP contribution in [0.4, 0.5) is 4.39 Å². The second kappa shape index (κ2) is 6.28. The van der Waals surface area contributed by atoms with Gasteiger partial charge in [-0.25, -0.2) is 9.37 Å². The molecule has 2 rings (SSSR count). The molecule has 1 aromatic heterocycles. The molecule has 1 heterocycles. The van der Waals surface area contributed by atoms with Gasteiger partial charge in [0.2, 0.25) is 0 Å². The highest BCUT2D eigenvalue weighted by Crippen LogP contribution is 2.29. The van der Waals surface area contributed by atoms with Crippen molar-refractivity contribution in [1.82, 2.24) is 9.97 Å². The van der Waals surface area contributed by atoms with Crippen LogP contribution in [0.3, 0.4) is 0 Å². The molecule has 20 heavy (non-hydrogen) atoms. The number of hydrogen-bond donors (Lipinski definition) is 1. The fourth-order valence-electron chi connectivity index (χ4n) is 1.82. The molecule has 0 aliphatic heterocycles. The zero-order valence-electron chi connectivity index (χ0n) is 10.8. The quantitative estimate of drug-likeness (QED) is 0.678. The molecular weight excluding hydrogens is 303 g/mol. The maximum absolute atomic E-state index is 13.2. The average molecular weight is 315 g/mol. The number of benzene rings is 1. The number of aryl methyl sites for hydroxylation is 1. The van der Waals surface area contributed by atoms with Crippen LogP contribution in [0.1, 0.15) is 23.2 Å². The van der Waals surface area contributed by atoms with E-state index < -0.39 is 11.9 Å². The van der Waals surface area contributed by atoms with Gasteiger partial charge >= 0.3 is 0 Å². The molecule has 7 heteroatoms. The van der Waals surface area contributed by atoms with E-state index in [1.54, 1.807) is 0 Å². The normalized spacial score (nSPS) is 12.2. The van der Waals surface area contributed by atoms with Crippen molar-refractivity contribution >= 4 is 29.8 Å². The summed E-state index contributed by atoms with van der Waals surface area (Å²) in [6, 6.07) is 4.15. The minimum Gasteiger partial charge on any atom is -0.451 e. The third kappa shape index (κ3) is 2.96. The van der Waals surface area contributed by atoms with E-state index in [4.69, 9.17) is 16.3 Å². The standard InChI is InChI=1S/C13H12ClFN2O2S/c1-7-13(20-2)17-12(16-7)11(19-6-18)8-3-4-10(15)9(14)5-8/h3-6,11H,1-2H3,(H,16,17). The molecule has 1 atom stereocenters. The van der Waals surface area contributed by atoms with Crippen molar-refractivity contribution in [2.75, 3.05) is 6.26 Å². The lowest BCUT2D eigenvalue weighted by molar-refractivity contribution is -0.132. The van der Waals surface area contributed by atoms with Crippen molar-refractivity contribution in [3.8, 4) is 0 Å². The van der Waals surface area contributed by atoms with Crippen LogP contribution in [-0.4, -0.2) is 22.7 Å². The van der Waals surface area contributed by atoms with E-state index in [1.807, 2.05) is 13.2 Å². The maximum atomic E-state index is 13.2. The number of halogens is 2. The van der Waals surface area contributed by atoms with Gasteiger partial charge in [0.25, 0.3) is 6.47 Å². The van der Waals surface area contributed by atoms with Crippen LogP contribution in [0.5, 0.6) is 0 Å². The number of aromatic amines is 1. The Labute approximate surface area is 124 Å². The van der Waals surface area contributed by atoms with Gasteiger partial charge in [0.15, 0.2) is 11.9 Å². The van der Waals surface area contributed by atoms with Gasteiger partial charge in [-0.3, -0.25) is 4.79 Å². The number of aromatic nitrogens is 2. The summed E-state index contributed by atoms with van der Waals surface area (Å²) in [6.45, 7) is 2.20. The van der Waals surface area contributed by atoms with Crippen molar-refractivity contribution in [1.29, 1.82) is 0 Å². The molecule has 0 radical (unpaired) electrons. The average Bonchev–Trinajstić information content (AvgIpc) is 2.80. The van der Waals surface area contributed by atoms with E-state index in [0.717, 1.165) is 10.7 Å². The Bertz CT molecular complexity index is 633. The number of nitrogens with one attached hydrogen (secondary N) is 1. The molecule has 0 saturated carbocycles. The fraction of sp³-hybridized carbons (Fsp3) is 0.231. The first-order valence-electron chi connectivity index (χ1n) is 5.71. The third-order valence-corrected chi connectivity index (χ3v) is 3.81. The molecule has 1 N–H and O–H groups in total. The van der Waals surface area contributed by atoms with Gasteiger partial charge in [-0.2, -0.15) is 0 Å². The Balaban J connectivity index is 2.43. The SMILES string of the molecule is CSc1nc(C(OC=O)c2ccc(F)c(Cl)c2)[nH]c1C. The molecular formula is C13H12ClFN2O2S. The largest absolute Gasteiger partial charge is 0.451 e. The number of H-pyrrole nitrogens is 1. The van der Waals surface area contributed by atoms with Crippen molar-refractivity contribution < 1.29 is 13.9 Å². The topological polar surface area (TPSA) is 55.0 Å². The number of nitrogens with zero attached hydrogens (tertiary/aromatic N) is 1. The van der Waals surface area contributed by atoms with Gasteiger partial charge in [0.1, 0.15) is 10.8 Å². The Kier molecular flexibility index (Phi) is 4.67. The Morgan fingerprint density at radius 3 is 2.85 bits per heavy atom. The van der Waals surface area contributed by atoms with Gasteiger partial charge in [-0.05, 0) is 25.3 Å². The van der Waals surface area contributed by atoms with Crippen LogP contribution in [0.2, 0.25) is 5.02 Å². The number of carbonyl (C=O) groups is 1. The highest BCUT2D eigenvalue weighted by atomic mass is 35.5. The number of rotatable bonds is 5. The smallest absolute Gasteiger partial charge is 0.294 e. The molecule has 0 bridgehead atoms. The zero-order valence-corrected chi connectivity index (χ0v) is 12.4. The van der Waals surface area contributed by atoms with Crippen LogP contribution >= 0.6 is 23.4 Å². The first kappa shape index (κ1) is 14.9. The summed E-state index contributed by atoms with van der Waals surface area (Å²) in [7, 11) is 0. The van der Waals surface area contributed by atoms with Gasteiger partial charge < -0.3 is 9.72 Å². The summed E-state index contributed by atoms with van der Waals surface area (Å²) in [5, 5.41) is 0.781. The monoisotopic (exact) mass is 314 g/mol. The lowest BCUT2D eigenvalue weighted by Crippen LogP contribution is -2.07. The van der Waals surface area contributed by atoms with Crippen molar-refractivity contribution in [3.05, 3.63) is 46.1 Å². The van der Waals surface area contributed by atoms with Gasteiger partial charge in [0.05, 0.1) is 5.02 Å². The second-order valence-electron chi connectivity index (χ2n) is 4.04. The number of imidazole rings is 1. The van der Waals surface area contributed by atoms with Gasteiger partial charge in [0, 0.05) is 11.3 Å². The summed E-state index contributed by atoms with van der Waals surface area (Å²) in [5.74, 6) is -0.0534. The van der Waals surface area contributed by atoms with E-state index in [-0.39, 0.29) is 5.02 Å². The van der Waals surface area contributed by atoms with E-state index >= 15 is 0 Å². The second-order valence-corrected chi connectivity index (χ2v) is 5.24. The molecule has 0 aliphatic rings. The molecule has 0 spiro atoms. The van der Waals surface area contributed by atoms with Crippen LogP contribution in [0, 0.1) is 12.7 Å². The summed E-state index contributed by atoms with van der Waals surface area (Å²) < 4.78 is 18.3. The zero-order chi connectivity index (χ0) is 14.7. The van der Waals surface area contributed by atoms with E-state index in [9.17, 15) is 9.18 Å². The van der Waals surface area contributed by atoms with Crippen molar-refractivity contribution in [3.63, 3.8) is 0 Å². The maximum Gasteiger partial charge on any atom is 0.294 e. The first-order valence-corrected chi connectivity index (χ1v) is 7.31. The Morgan fingerprint density at radius 1 is 1.55 bits per heavy atom. The molecule has 1 aromatic carbocycles. The van der Waals surface area contributed by atoms with E-state index in [2.05, 4.69) is 9.97 Å². The van der Waals surface area contributed by atoms with E-state index in [0.29, 0.717) is 17.9 Å². The molecule has 2 aromatic rings. The number of hydrogen-bond acceptors (Lipinski definition) is 4. The van der Waals surface area contributed by atoms with Crippen LogP contribution < -0.4 is 0 Å². The molecule has 1 unspecified atom stereocenters. The van der Waals surface area contributed by atoms with Crippen molar-refractivity contribution in [2.45, 2.75) is 18.1 Å². The Hall–Kier alpha value is -1.53. The molecule has 0 amide bonds. The van der Waals surface area contributed by atoms with Crippen LogP contribution in [0.25, 0.3) is 0 Å². The number of thioether (sulfide) groups is 1. The predicted octanol–water partition coefficient (Wildman–Crippen LogP) is 3.49. The van der Waals surface area contributed by atoms with Crippen molar-refractivity contribution in [2.24, 2.45) is 0 Å². The predicted molar refractivity (Wildman–Crippen MR) is 75.5 cm³/mol. The lowest BCUT2D eigenvalue weighted by Gasteiger charge is -2.13. The molecule has 0 saturated heterocycles. The summed E-state index contributed by atoms with van der Waals surface area (Å²) in [4.78, 5) is 18.1. The minimum atomic E-state index is -0.745. The molecule has 106 valence electrons. The van der Waals surface area contributed by atoms with Crippen LogP contribution in [0.15, 0.2) is 23.2 Å². The fourth-order valence-corrected chi connectivity index (χ4v) is 2.56. The van der Waals surface area contributed by atoms with Gasteiger partial charge in [-0.1, -0.05) is 17.7 Å². The van der Waals surface area contributed by atoms with Crippen LogP contribution in [-0.2, 0) is 9.53 Å². The summed E-state index contributed by atoms with van der Waals surface area (Å²) in [6.07, 6.45) is 1.15.